The van der Waals surface area contributed by atoms with Gasteiger partial charge in [0, 0.05) is 19.1 Å². The van der Waals surface area contributed by atoms with Crippen molar-refractivity contribution in [2.24, 2.45) is 0 Å². The van der Waals surface area contributed by atoms with Crippen molar-refractivity contribution in [2.45, 2.75) is 32.0 Å². The molecule has 4 nitrogen and oxygen atoms in total. The summed E-state index contributed by atoms with van der Waals surface area (Å²) in [4.78, 5) is 2.45. The quantitative estimate of drug-likeness (QED) is 0.865. The molecule has 4 heteroatoms. The lowest BCUT2D eigenvalue weighted by atomic mass is 10.1. The molecule has 0 saturated carbocycles. The van der Waals surface area contributed by atoms with Crippen LogP contribution in [0.5, 0.6) is 0 Å². The highest BCUT2D eigenvalue weighted by Gasteiger charge is 2.30. The Morgan fingerprint density at radius 2 is 2.29 bits per heavy atom. The van der Waals surface area contributed by atoms with E-state index in [2.05, 4.69) is 24.1 Å². The van der Waals surface area contributed by atoms with Crippen molar-refractivity contribution in [2.75, 3.05) is 26.7 Å². The molecular formula is C13H22N2O2. The van der Waals surface area contributed by atoms with Crippen LogP contribution in [-0.4, -0.2) is 43.8 Å². The molecule has 2 unspecified atom stereocenters. The van der Waals surface area contributed by atoms with E-state index in [1.54, 1.807) is 6.26 Å². The molecule has 1 aromatic rings. The summed E-state index contributed by atoms with van der Waals surface area (Å²) >= 11 is 0. The maximum absolute atomic E-state index is 5.87. The molecule has 1 fully saturated rings. The average Bonchev–Trinajstić information content (AvgIpc) is 2.84. The van der Waals surface area contributed by atoms with Crippen LogP contribution in [0.4, 0.5) is 0 Å². The van der Waals surface area contributed by atoms with E-state index in [0.29, 0.717) is 6.04 Å². The Bertz CT molecular complexity index is 324. The normalized spacial score (nSPS) is 24.1. The number of hydrogen-bond acceptors (Lipinski definition) is 4. The predicted molar refractivity (Wildman–Crippen MR) is 67.0 cm³/mol. The highest BCUT2D eigenvalue weighted by Crippen LogP contribution is 2.23. The van der Waals surface area contributed by atoms with E-state index in [1.807, 2.05) is 19.2 Å². The third kappa shape index (κ3) is 2.89. The van der Waals surface area contributed by atoms with Crippen molar-refractivity contribution in [3.63, 3.8) is 0 Å². The third-order valence-corrected chi connectivity index (χ3v) is 3.39. The van der Waals surface area contributed by atoms with E-state index < -0.39 is 0 Å². The molecule has 0 bridgehead atoms. The number of morpholine rings is 1. The lowest BCUT2D eigenvalue weighted by Gasteiger charge is -2.38. The molecule has 96 valence electrons. The summed E-state index contributed by atoms with van der Waals surface area (Å²) in [5, 5.41) is 3.29. The summed E-state index contributed by atoms with van der Waals surface area (Å²) in [6.45, 7) is 7.21. The SMILES string of the molecule is CNC(c1ccco1)C1CN(C(C)C)CCO1. The molecule has 2 rings (SSSR count). The van der Waals surface area contributed by atoms with Gasteiger partial charge in [0.05, 0.1) is 25.0 Å². The summed E-state index contributed by atoms with van der Waals surface area (Å²) < 4.78 is 11.3. The molecule has 1 saturated heterocycles. The van der Waals surface area contributed by atoms with Gasteiger partial charge in [0.15, 0.2) is 0 Å². The van der Waals surface area contributed by atoms with E-state index in [1.165, 1.54) is 0 Å². The molecule has 0 radical (unpaired) electrons. The molecule has 0 spiro atoms. The van der Waals surface area contributed by atoms with Crippen LogP contribution in [0.2, 0.25) is 0 Å². The van der Waals surface area contributed by atoms with Crippen LogP contribution in [0.1, 0.15) is 25.6 Å². The van der Waals surface area contributed by atoms with Crippen molar-refractivity contribution in [1.29, 1.82) is 0 Å². The monoisotopic (exact) mass is 238 g/mol. The molecule has 2 heterocycles. The minimum Gasteiger partial charge on any atom is -0.468 e. The van der Waals surface area contributed by atoms with Gasteiger partial charge in [0.2, 0.25) is 0 Å². The van der Waals surface area contributed by atoms with E-state index in [4.69, 9.17) is 9.15 Å². The van der Waals surface area contributed by atoms with Gasteiger partial charge in [-0.1, -0.05) is 0 Å². The Balaban J connectivity index is 2.04. The zero-order chi connectivity index (χ0) is 12.3. The highest BCUT2D eigenvalue weighted by atomic mass is 16.5. The molecule has 17 heavy (non-hydrogen) atoms. The Kier molecular flexibility index (Phi) is 4.20. The molecule has 0 amide bonds. The lowest BCUT2D eigenvalue weighted by Crippen LogP contribution is -2.49. The summed E-state index contributed by atoms with van der Waals surface area (Å²) in [6.07, 6.45) is 1.87. The van der Waals surface area contributed by atoms with Crippen LogP contribution in [0.3, 0.4) is 0 Å². The van der Waals surface area contributed by atoms with Crippen molar-refractivity contribution >= 4 is 0 Å². The van der Waals surface area contributed by atoms with Crippen LogP contribution in [0, 0.1) is 0 Å². The molecule has 1 N–H and O–H groups in total. The Labute approximate surface area is 103 Å². The van der Waals surface area contributed by atoms with E-state index >= 15 is 0 Å². The van der Waals surface area contributed by atoms with Gasteiger partial charge in [-0.25, -0.2) is 0 Å². The van der Waals surface area contributed by atoms with Crippen LogP contribution < -0.4 is 5.32 Å². The minimum atomic E-state index is 0.131. The average molecular weight is 238 g/mol. The van der Waals surface area contributed by atoms with Crippen molar-refractivity contribution in [1.82, 2.24) is 10.2 Å². The van der Waals surface area contributed by atoms with Gasteiger partial charge < -0.3 is 14.5 Å². The summed E-state index contributed by atoms with van der Waals surface area (Å²) in [6, 6.07) is 4.61. The van der Waals surface area contributed by atoms with Gasteiger partial charge >= 0.3 is 0 Å². The maximum atomic E-state index is 5.87. The fraction of sp³-hybridized carbons (Fsp3) is 0.692. The smallest absolute Gasteiger partial charge is 0.123 e. The zero-order valence-electron chi connectivity index (χ0n) is 10.8. The summed E-state index contributed by atoms with van der Waals surface area (Å²) in [5.41, 5.74) is 0. The molecule has 1 aliphatic rings. The first-order chi connectivity index (χ1) is 8.22. The minimum absolute atomic E-state index is 0.131. The van der Waals surface area contributed by atoms with Gasteiger partial charge in [0.25, 0.3) is 0 Å². The maximum Gasteiger partial charge on any atom is 0.123 e. The second kappa shape index (κ2) is 5.67. The third-order valence-electron chi connectivity index (χ3n) is 3.39. The number of hydrogen-bond donors (Lipinski definition) is 1. The largest absolute Gasteiger partial charge is 0.468 e. The summed E-state index contributed by atoms with van der Waals surface area (Å²) in [5.74, 6) is 0.947. The van der Waals surface area contributed by atoms with E-state index in [-0.39, 0.29) is 12.1 Å². The predicted octanol–water partition coefficient (Wildman–Crippen LogP) is 1.65. The second-order valence-corrected chi connectivity index (χ2v) is 4.78. The molecule has 1 aliphatic heterocycles. The molecule has 0 aliphatic carbocycles. The molecule has 0 aromatic carbocycles. The lowest BCUT2D eigenvalue weighted by molar-refractivity contribution is -0.0579. The van der Waals surface area contributed by atoms with E-state index in [0.717, 1.165) is 25.5 Å². The van der Waals surface area contributed by atoms with Gasteiger partial charge in [-0.05, 0) is 33.0 Å². The Hall–Kier alpha value is -0.840. The first-order valence-electron chi connectivity index (χ1n) is 6.28. The Morgan fingerprint density at radius 3 is 2.88 bits per heavy atom. The zero-order valence-corrected chi connectivity index (χ0v) is 10.8. The number of nitrogens with one attached hydrogen (secondary N) is 1. The number of ether oxygens (including phenoxy) is 1. The van der Waals surface area contributed by atoms with Crippen molar-refractivity contribution in [3.8, 4) is 0 Å². The molecule has 1 aromatic heterocycles. The molecular weight excluding hydrogens is 216 g/mol. The number of nitrogens with zero attached hydrogens (tertiary/aromatic N) is 1. The van der Waals surface area contributed by atoms with Gasteiger partial charge in [0.1, 0.15) is 5.76 Å². The van der Waals surface area contributed by atoms with Gasteiger partial charge in [-0.15, -0.1) is 0 Å². The summed E-state index contributed by atoms with van der Waals surface area (Å²) in [7, 11) is 1.95. The van der Waals surface area contributed by atoms with Crippen molar-refractivity contribution < 1.29 is 9.15 Å². The van der Waals surface area contributed by atoms with Crippen LogP contribution >= 0.6 is 0 Å². The van der Waals surface area contributed by atoms with Crippen LogP contribution in [0.25, 0.3) is 0 Å². The van der Waals surface area contributed by atoms with Crippen LogP contribution in [-0.2, 0) is 4.74 Å². The van der Waals surface area contributed by atoms with Gasteiger partial charge in [-0.2, -0.15) is 0 Å². The highest BCUT2D eigenvalue weighted by molar-refractivity contribution is 5.07. The number of furan rings is 1. The standard InChI is InChI=1S/C13H22N2O2/c1-10(2)15-6-8-17-12(9-15)13(14-3)11-5-4-7-16-11/h4-5,7,10,12-14H,6,8-9H2,1-3H3. The second-order valence-electron chi connectivity index (χ2n) is 4.78. The number of likely N-dealkylation sites (N-methyl/N-ethyl adjacent to an activating group) is 1. The van der Waals surface area contributed by atoms with Gasteiger partial charge in [-0.3, -0.25) is 4.90 Å². The topological polar surface area (TPSA) is 37.6 Å². The molecule has 2 atom stereocenters. The Morgan fingerprint density at radius 1 is 1.47 bits per heavy atom. The fourth-order valence-corrected chi connectivity index (χ4v) is 2.35. The number of rotatable bonds is 4. The first-order valence-corrected chi connectivity index (χ1v) is 6.28. The fourth-order valence-electron chi connectivity index (χ4n) is 2.35. The van der Waals surface area contributed by atoms with E-state index in [9.17, 15) is 0 Å². The first kappa shape index (κ1) is 12.6. The van der Waals surface area contributed by atoms with Crippen LogP contribution in [0.15, 0.2) is 22.8 Å². The van der Waals surface area contributed by atoms with Crippen molar-refractivity contribution in [3.05, 3.63) is 24.2 Å².